The van der Waals surface area contributed by atoms with Crippen LogP contribution in [-0.2, 0) is 0 Å². The Balaban J connectivity index is 1.85. The van der Waals surface area contributed by atoms with Gasteiger partial charge < -0.3 is 10.1 Å². The molecule has 2 aromatic heterocycles. The molecule has 134 valence electrons. The van der Waals surface area contributed by atoms with Crippen LogP contribution in [0.2, 0.25) is 0 Å². The van der Waals surface area contributed by atoms with E-state index in [2.05, 4.69) is 15.4 Å². The van der Waals surface area contributed by atoms with Crippen LogP contribution in [0.5, 0.6) is 5.75 Å². The molecule has 6 heteroatoms. The number of methoxy groups -OCH3 is 1. The number of nitrogens with one attached hydrogen (secondary N) is 1. The highest BCUT2D eigenvalue weighted by Crippen LogP contribution is 2.27. The van der Waals surface area contributed by atoms with E-state index in [0.29, 0.717) is 11.4 Å². The third-order valence-corrected chi connectivity index (χ3v) is 4.35. The second kappa shape index (κ2) is 7.82. The second-order valence-electron chi connectivity index (χ2n) is 5.92. The van der Waals surface area contributed by atoms with Gasteiger partial charge in [-0.3, -0.25) is 4.79 Å². The van der Waals surface area contributed by atoms with Crippen molar-refractivity contribution < 1.29 is 9.53 Å². The van der Waals surface area contributed by atoms with Crippen LogP contribution >= 0.6 is 0 Å². The van der Waals surface area contributed by atoms with Gasteiger partial charge in [0.05, 0.1) is 30.6 Å². The molecule has 3 rings (SSSR count). The number of amides is 1. The standard InChI is InChI=1S/C20H22N4O2/c1-4-17(15-9-5-6-10-18(15)26-3)23-20(25)16-13-22-24(14(16)2)19-11-7-8-12-21-19/h5-13,17H,4H2,1-3H3,(H,23,25). The van der Waals surface area contributed by atoms with Crippen molar-refractivity contribution in [2.75, 3.05) is 7.11 Å². The van der Waals surface area contributed by atoms with E-state index in [-0.39, 0.29) is 11.9 Å². The molecule has 0 fully saturated rings. The SMILES string of the molecule is CCC(NC(=O)c1cnn(-c2ccccn2)c1C)c1ccccc1OC. The molecular formula is C20H22N4O2. The number of carbonyl (C=O) groups is 1. The average molecular weight is 350 g/mol. The molecule has 0 saturated carbocycles. The smallest absolute Gasteiger partial charge is 0.255 e. The Labute approximate surface area is 152 Å². The Morgan fingerprint density at radius 2 is 2.00 bits per heavy atom. The molecule has 2 heterocycles. The van der Waals surface area contributed by atoms with Crippen LogP contribution in [0.4, 0.5) is 0 Å². The first-order valence-corrected chi connectivity index (χ1v) is 8.55. The molecule has 0 aliphatic heterocycles. The first-order valence-electron chi connectivity index (χ1n) is 8.55. The molecular weight excluding hydrogens is 328 g/mol. The number of aromatic nitrogens is 3. The lowest BCUT2D eigenvalue weighted by molar-refractivity contribution is 0.0934. The summed E-state index contributed by atoms with van der Waals surface area (Å²) in [4.78, 5) is 17.1. The monoisotopic (exact) mass is 350 g/mol. The van der Waals surface area contributed by atoms with Gasteiger partial charge in [-0.2, -0.15) is 5.10 Å². The number of hydrogen-bond donors (Lipinski definition) is 1. The number of ether oxygens (including phenoxy) is 1. The maximum atomic E-state index is 12.8. The second-order valence-corrected chi connectivity index (χ2v) is 5.92. The molecule has 1 atom stereocenters. The van der Waals surface area contributed by atoms with E-state index >= 15 is 0 Å². The van der Waals surface area contributed by atoms with E-state index in [4.69, 9.17) is 4.74 Å². The Bertz CT molecular complexity index is 890. The maximum absolute atomic E-state index is 12.8. The van der Waals surface area contributed by atoms with Crippen molar-refractivity contribution in [3.8, 4) is 11.6 Å². The fourth-order valence-corrected chi connectivity index (χ4v) is 2.93. The van der Waals surface area contributed by atoms with E-state index in [1.165, 1.54) is 0 Å². The Hall–Kier alpha value is -3.15. The fourth-order valence-electron chi connectivity index (χ4n) is 2.93. The van der Waals surface area contributed by atoms with E-state index in [9.17, 15) is 4.79 Å². The predicted octanol–water partition coefficient (Wildman–Crippen LogP) is 3.47. The molecule has 6 nitrogen and oxygen atoms in total. The van der Waals surface area contributed by atoms with Crippen molar-refractivity contribution in [1.82, 2.24) is 20.1 Å². The largest absolute Gasteiger partial charge is 0.496 e. The molecule has 1 amide bonds. The summed E-state index contributed by atoms with van der Waals surface area (Å²) < 4.78 is 7.09. The van der Waals surface area contributed by atoms with Crippen LogP contribution in [-0.4, -0.2) is 27.8 Å². The highest BCUT2D eigenvalue weighted by molar-refractivity contribution is 5.95. The number of para-hydroxylation sites is 1. The van der Waals surface area contributed by atoms with Crippen LogP contribution in [0.3, 0.4) is 0 Å². The van der Waals surface area contributed by atoms with Crippen LogP contribution in [0.1, 0.15) is 41.0 Å². The Morgan fingerprint density at radius 1 is 1.23 bits per heavy atom. The number of nitrogens with zero attached hydrogens (tertiary/aromatic N) is 3. The molecule has 1 aromatic carbocycles. The average Bonchev–Trinajstić information content (AvgIpc) is 3.08. The zero-order valence-electron chi connectivity index (χ0n) is 15.1. The summed E-state index contributed by atoms with van der Waals surface area (Å²) in [7, 11) is 1.63. The third kappa shape index (κ3) is 3.44. The van der Waals surface area contributed by atoms with Crippen molar-refractivity contribution in [3.05, 3.63) is 71.7 Å². The maximum Gasteiger partial charge on any atom is 0.255 e. The van der Waals surface area contributed by atoms with Gasteiger partial charge in [-0.1, -0.05) is 31.2 Å². The summed E-state index contributed by atoms with van der Waals surface area (Å²) in [6.07, 6.45) is 4.03. The fraction of sp³-hybridized carbons (Fsp3) is 0.250. The van der Waals surface area contributed by atoms with Crippen LogP contribution in [0.15, 0.2) is 54.9 Å². The van der Waals surface area contributed by atoms with Crippen LogP contribution in [0, 0.1) is 6.92 Å². The van der Waals surface area contributed by atoms with Gasteiger partial charge in [0.2, 0.25) is 0 Å². The van der Waals surface area contributed by atoms with Crippen molar-refractivity contribution in [2.24, 2.45) is 0 Å². The molecule has 3 aromatic rings. The normalized spacial score (nSPS) is 11.8. The summed E-state index contributed by atoms with van der Waals surface area (Å²) in [6, 6.07) is 13.2. The number of carbonyl (C=O) groups excluding carboxylic acids is 1. The third-order valence-electron chi connectivity index (χ3n) is 4.35. The highest BCUT2D eigenvalue weighted by atomic mass is 16.5. The summed E-state index contributed by atoms with van der Waals surface area (Å²) in [5.41, 5.74) is 2.24. The van der Waals surface area contributed by atoms with Gasteiger partial charge in [-0.25, -0.2) is 9.67 Å². The van der Waals surface area contributed by atoms with Crippen molar-refractivity contribution >= 4 is 5.91 Å². The molecule has 1 unspecified atom stereocenters. The summed E-state index contributed by atoms with van der Waals surface area (Å²) in [6.45, 7) is 3.89. The number of benzene rings is 1. The number of hydrogen-bond acceptors (Lipinski definition) is 4. The van der Waals surface area contributed by atoms with Crippen molar-refractivity contribution in [3.63, 3.8) is 0 Å². The molecule has 0 saturated heterocycles. The molecule has 1 N–H and O–H groups in total. The molecule has 0 radical (unpaired) electrons. The molecule has 0 spiro atoms. The molecule has 26 heavy (non-hydrogen) atoms. The predicted molar refractivity (Wildman–Crippen MR) is 99.6 cm³/mol. The van der Waals surface area contributed by atoms with Gasteiger partial charge in [-0.15, -0.1) is 0 Å². The van der Waals surface area contributed by atoms with E-state index < -0.39 is 0 Å². The van der Waals surface area contributed by atoms with Gasteiger partial charge in [0.1, 0.15) is 5.75 Å². The molecule has 0 aliphatic carbocycles. The number of rotatable bonds is 6. The minimum absolute atomic E-state index is 0.142. The van der Waals surface area contributed by atoms with Gasteiger partial charge in [0.25, 0.3) is 5.91 Å². The zero-order valence-corrected chi connectivity index (χ0v) is 15.1. The van der Waals surface area contributed by atoms with Gasteiger partial charge in [-0.05, 0) is 31.5 Å². The van der Waals surface area contributed by atoms with Gasteiger partial charge in [0, 0.05) is 11.8 Å². The van der Waals surface area contributed by atoms with Crippen LogP contribution < -0.4 is 10.1 Å². The summed E-state index contributed by atoms with van der Waals surface area (Å²) in [5, 5.41) is 7.40. The lowest BCUT2D eigenvalue weighted by atomic mass is 10.0. The minimum Gasteiger partial charge on any atom is -0.496 e. The van der Waals surface area contributed by atoms with Gasteiger partial charge in [0.15, 0.2) is 5.82 Å². The first kappa shape index (κ1) is 17.7. The lowest BCUT2D eigenvalue weighted by Gasteiger charge is -2.19. The van der Waals surface area contributed by atoms with E-state index in [1.807, 2.05) is 56.3 Å². The van der Waals surface area contributed by atoms with E-state index in [0.717, 1.165) is 23.4 Å². The van der Waals surface area contributed by atoms with E-state index in [1.54, 1.807) is 24.2 Å². The van der Waals surface area contributed by atoms with Crippen LogP contribution in [0.25, 0.3) is 5.82 Å². The van der Waals surface area contributed by atoms with Crippen molar-refractivity contribution in [1.29, 1.82) is 0 Å². The summed E-state index contributed by atoms with van der Waals surface area (Å²) >= 11 is 0. The topological polar surface area (TPSA) is 69.0 Å². The van der Waals surface area contributed by atoms with Gasteiger partial charge >= 0.3 is 0 Å². The minimum atomic E-state index is -0.164. The summed E-state index contributed by atoms with van der Waals surface area (Å²) in [5.74, 6) is 1.28. The Kier molecular flexibility index (Phi) is 5.31. The quantitative estimate of drug-likeness (QED) is 0.739. The highest BCUT2D eigenvalue weighted by Gasteiger charge is 2.21. The Morgan fingerprint density at radius 3 is 2.69 bits per heavy atom. The first-order chi connectivity index (χ1) is 12.7. The lowest BCUT2D eigenvalue weighted by Crippen LogP contribution is -2.28. The molecule has 0 bridgehead atoms. The van der Waals surface area contributed by atoms with Crippen molar-refractivity contribution in [2.45, 2.75) is 26.3 Å². The molecule has 0 aliphatic rings. The zero-order chi connectivity index (χ0) is 18.5. The number of pyridine rings is 1.